The first-order valence-electron chi connectivity index (χ1n) is 18.8. The number of nitrogens with zero attached hydrogens (tertiary/aromatic N) is 1. The van der Waals surface area contributed by atoms with Gasteiger partial charge in [-0.2, -0.15) is 41.5 Å². The quantitative estimate of drug-likeness (QED) is 0.0823. The maximum atomic E-state index is 8.58. The second kappa shape index (κ2) is 115. The Morgan fingerprint density at radius 2 is 0.578 bits per heavy atom. The van der Waals surface area contributed by atoms with Crippen LogP contribution in [0.5, 0.6) is 0 Å². The monoisotopic (exact) mass is 1110 g/mol. The Bertz CT molecular complexity index is 1020. The summed E-state index contributed by atoms with van der Waals surface area (Å²) < 4.78 is 0. The molecule has 8 N–H and O–H groups in total. The van der Waals surface area contributed by atoms with Gasteiger partial charge in [0.25, 0.3) is 0 Å². The third-order valence-electron chi connectivity index (χ3n) is 3.92. The van der Waals surface area contributed by atoms with E-state index in [1.165, 1.54) is 54.7 Å². The summed E-state index contributed by atoms with van der Waals surface area (Å²) in [6.45, 7) is 18.8. The largest absolute Gasteiger partial charge is 1.00 e. The number of nitrogens with two attached hydrogens (primary N) is 1. The molecule has 0 saturated heterocycles. The van der Waals surface area contributed by atoms with Crippen molar-refractivity contribution in [3.8, 4) is 0 Å². The average Bonchev–Trinajstić information content (AvgIpc) is 3.24. The number of hydrogen-bond donors (Lipinski definition) is 5. The number of rotatable bonds is 1. The van der Waals surface area contributed by atoms with E-state index in [1.807, 2.05) is 127 Å². The van der Waals surface area contributed by atoms with Crippen molar-refractivity contribution in [2.75, 3.05) is 87.2 Å². The number of alkyl halides is 5. The normalized spacial score (nSPS) is 6.95. The van der Waals surface area contributed by atoms with Crippen LogP contribution in [0.3, 0.4) is 0 Å². The predicted molar refractivity (Wildman–Crippen MR) is 301 cm³/mol. The van der Waals surface area contributed by atoms with Gasteiger partial charge in [0.1, 0.15) is 0 Å². The van der Waals surface area contributed by atoms with Gasteiger partial charge in [-0.15, -0.1) is 34.8 Å². The van der Waals surface area contributed by atoms with Gasteiger partial charge in [-0.25, -0.2) is 0 Å². The maximum Gasteiger partial charge on any atom is 1.00 e. The Morgan fingerprint density at radius 1 is 0.469 bits per heavy atom. The molecule has 374 valence electrons. The second-order valence-corrected chi connectivity index (χ2v) is 12.1. The second-order valence-electron chi connectivity index (χ2n) is 12.1. The van der Waals surface area contributed by atoms with Gasteiger partial charge in [-0.05, 0) is 94.3 Å². The molecule has 0 spiro atoms. The minimum atomic E-state index is -1.34. The maximum absolute atomic E-state index is 8.58. The van der Waals surface area contributed by atoms with E-state index in [0.717, 1.165) is 0 Å². The Balaban J connectivity index is -0.0000000291. The fourth-order valence-corrected chi connectivity index (χ4v) is 2.23. The molecule has 0 aliphatic heterocycles. The van der Waals surface area contributed by atoms with Crippen LogP contribution in [0.4, 0.5) is 0 Å². The van der Waals surface area contributed by atoms with Gasteiger partial charge in [0.15, 0.2) is 0 Å². The van der Waals surface area contributed by atoms with Gasteiger partial charge in [-0.3, -0.25) is 0 Å². The Labute approximate surface area is 476 Å². The van der Waals surface area contributed by atoms with Crippen LogP contribution in [0.25, 0.3) is 0 Å². The molecule has 16 heteroatoms. The van der Waals surface area contributed by atoms with E-state index in [0.29, 0.717) is 5.46 Å². The van der Waals surface area contributed by atoms with Gasteiger partial charge in [0.05, 0.1) is 0 Å². The van der Waals surface area contributed by atoms with Crippen LogP contribution < -0.4 is 80.9 Å². The van der Waals surface area contributed by atoms with Gasteiger partial charge in [0, 0.05) is 20.6 Å². The molecule has 0 aromatic heterocycles. The molecule has 8 nitrogen and oxygen atoms in total. The van der Waals surface area contributed by atoms with E-state index in [9.17, 15) is 0 Å². The molecule has 4 aromatic carbocycles. The van der Waals surface area contributed by atoms with Crippen LogP contribution in [0.15, 0.2) is 121 Å². The summed E-state index contributed by atoms with van der Waals surface area (Å²) >= 11 is 19.8. The van der Waals surface area contributed by atoms with Gasteiger partial charge in [0.2, 0.25) is 0 Å². The van der Waals surface area contributed by atoms with Crippen molar-refractivity contribution in [3.05, 3.63) is 150 Å². The first kappa shape index (κ1) is 106. The Morgan fingerprint density at radius 3 is 0.641 bits per heavy atom. The molecule has 0 amide bonds. The summed E-state index contributed by atoms with van der Waals surface area (Å²) in [6, 6.07) is 39.4. The zero-order valence-electron chi connectivity index (χ0n) is 44.8. The molecular formula is C48H96BBr2Cl3N4Na2O4-2. The van der Waals surface area contributed by atoms with Crippen LogP contribution in [0.1, 0.15) is 59.7 Å². The molecule has 0 unspecified atom stereocenters. The predicted octanol–water partition coefficient (Wildman–Crippen LogP) is 6.50. The van der Waals surface area contributed by atoms with E-state index in [-0.39, 0.29) is 71.5 Å². The van der Waals surface area contributed by atoms with Crippen molar-refractivity contribution in [2.24, 2.45) is 5.73 Å². The SMILES string of the molecule is CBr.CBr.CCl.CCl.CCl.CN.CN(C)C.CNC.CNC.C[C-](C)C.C[C-](C)C.Cc1ccccc1.Cc1ccccc1.Cc1ccccc1.OB(O)c1ccccc1.[2HH].[Na+].[Na+].[OH-].[OH-]. The van der Waals surface area contributed by atoms with Gasteiger partial charge >= 0.3 is 66.2 Å². The molecule has 4 aromatic rings. The standard InChI is InChI=1S/3C7H8.C6H7BO2.2C4H9.C3H9N.2C2H7N.2CH3Br.3CH3Cl.CH5N.2Na.2H2O.H2/c3*1-7-5-3-2-4-6-7;8-7(9)6-4-2-1-3-5-6;3*1-4(2)3;2*1-3-2;6*1-2;;;;;/h3*2-6H,1H3;1-5,8-9H;3*1-3H3;2*3H,1-2H3;5*1H3;2H2,1H3;;;2*1H2;1H/q;;;;2*-1;;;;;;;;;;2*+1;;;/p-2/i;;;;;;;;;;;;;;;;;;;1+1. The topological polar surface area (TPSA) is 154 Å². The zero-order chi connectivity index (χ0) is 50.2. The molecule has 0 atom stereocenters. The molecule has 0 aliphatic rings. The molecule has 4 rings (SSSR count). The van der Waals surface area contributed by atoms with Crippen LogP contribution in [-0.4, -0.2) is 120 Å². The number of nitrogens with one attached hydrogen (secondary N) is 2. The number of aryl methyl sites for hydroxylation is 3. The molecule has 0 heterocycles. The molecule has 0 bridgehead atoms. The van der Waals surface area contributed by atoms with Crippen molar-refractivity contribution >= 4 is 79.2 Å². The summed E-state index contributed by atoms with van der Waals surface area (Å²) in [7, 11) is 13.7. The van der Waals surface area contributed by atoms with E-state index in [4.69, 9.17) is 10.0 Å². The first-order valence-corrected chi connectivity index (χ1v) is 24.2. The number of benzene rings is 4. The van der Waals surface area contributed by atoms with E-state index < -0.39 is 7.12 Å². The van der Waals surface area contributed by atoms with E-state index in [1.54, 1.807) is 24.3 Å². The smallest absolute Gasteiger partial charge is 0.870 e. The van der Waals surface area contributed by atoms with Crippen LogP contribution >= 0.6 is 66.7 Å². The third-order valence-corrected chi connectivity index (χ3v) is 3.92. The van der Waals surface area contributed by atoms with Crippen molar-refractivity contribution in [3.63, 3.8) is 0 Å². The van der Waals surface area contributed by atoms with Crippen molar-refractivity contribution in [2.45, 2.75) is 62.3 Å². The Hall–Kier alpha value is 0.455. The summed E-state index contributed by atoms with van der Waals surface area (Å²) in [6.07, 6.45) is 4.42. The van der Waals surface area contributed by atoms with Gasteiger partial charge in [-0.1, -0.05) is 170 Å². The zero-order valence-corrected chi connectivity index (χ0v) is 54.3. The third kappa shape index (κ3) is 177. The molecule has 64 heavy (non-hydrogen) atoms. The van der Waals surface area contributed by atoms with Crippen LogP contribution in [0.2, 0.25) is 0 Å². The summed E-state index contributed by atoms with van der Waals surface area (Å²) in [5.74, 6) is 6.46. The van der Waals surface area contributed by atoms with E-state index in [2.05, 4.69) is 182 Å². The molecule has 0 saturated carbocycles. The van der Waals surface area contributed by atoms with Crippen LogP contribution in [0, 0.1) is 32.6 Å². The van der Waals surface area contributed by atoms with E-state index >= 15 is 0 Å². The van der Waals surface area contributed by atoms with Gasteiger partial charge < -0.3 is 54.1 Å². The minimum Gasteiger partial charge on any atom is -0.870 e. The average molecular weight is 1120 g/mol. The summed E-state index contributed by atoms with van der Waals surface area (Å²) in [5, 5.41) is 22.7. The van der Waals surface area contributed by atoms with Crippen molar-refractivity contribution in [1.82, 2.24) is 15.5 Å². The van der Waals surface area contributed by atoms with Crippen molar-refractivity contribution < 1.29 is 81.5 Å². The fourth-order valence-electron chi connectivity index (χ4n) is 2.23. The molecular weight excluding hydrogens is 1020 g/mol. The Kier molecular flexibility index (Phi) is 190. The number of halogens is 5. The van der Waals surface area contributed by atoms with Crippen LogP contribution in [-0.2, 0) is 0 Å². The van der Waals surface area contributed by atoms with Crippen molar-refractivity contribution in [1.29, 1.82) is 0 Å². The first-order chi connectivity index (χ1) is 28.5. The molecule has 0 aliphatic carbocycles. The molecule has 0 radical (unpaired) electrons. The molecule has 0 fully saturated rings. The summed E-state index contributed by atoms with van der Waals surface area (Å²) in [5.41, 5.74) is 8.99. The minimum absolute atomic E-state index is 0. The number of hydrogen-bond acceptors (Lipinski definition) is 8. The summed E-state index contributed by atoms with van der Waals surface area (Å²) in [4.78, 5) is 2.00. The fraction of sp³-hybridized carbons (Fsp3) is 0.458.